The summed E-state index contributed by atoms with van der Waals surface area (Å²) >= 11 is 0. The Balaban J connectivity index is 1.61. The zero-order valence-corrected chi connectivity index (χ0v) is 23.6. The molecule has 7 nitrogen and oxygen atoms in total. The summed E-state index contributed by atoms with van der Waals surface area (Å²) in [5, 5.41) is 3.57. The fourth-order valence-corrected chi connectivity index (χ4v) is 6.77. The van der Waals surface area contributed by atoms with Crippen LogP contribution in [0.3, 0.4) is 0 Å². The van der Waals surface area contributed by atoms with Gasteiger partial charge in [-0.15, -0.1) is 0 Å². The molecule has 3 fully saturated rings. The highest BCUT2D eigenvalue weighted by Crippen LogP contribution is 2.41. The maximum absolute atomic E-state index is 14.0. The molecule has 0 radical (unpaired) electrons. The predicted octanol–water partition coefficient (Wildman–Crippen LogP) is 4.14. The number of benzene rings is 1. The number of nitrogens with one attached hydrogen (secondary N) is 1. The fourth-order valence-electron chi connectivity index (χ4n) is 6.77. The average molecular weight is 511 g/mol. The summed E-state index contributed by atoms with van der Waals surface area (Å²) in [6.45, 7) is 16.4. The summed E-state index contributed by atoms with van der Waals surface area (Å²) in [5.41, 5.74) is 0.403. The number of hydrogen-bond acceptors (Lipinski definition) is 5. The second-order valence-corrected chi connectivity index (χ2v) is 12.9. The number of imide groups is 1. The van der Waals surface area contributed by atoms with Crippen LogP contribution in [-0.2, 0) is 9.59 Å². The number of piperidine rings is 1. The maximum Gasteiger partial charge on any atom is 0.327 e. The Bertz CT molecular complexity index is 978. The number of likely N-dealkylation sites (tertiary alicyclic amines) is 1. The van der Waals surface area contributed by atoms with E-state index in [1.165, 1.54) is 10.5 Å². The third-order valence-corrected chi connectivity index (χ3v) is 8.43. The summed E-state index contributed by atoms with van der Waals surface area (Å²) in [5.74, 6) is 0.962. The molecular weight excluding hydrogens is 464 g/mol. The first-order valence-electron chi connectivity index (χ1n) is 14.1. The molecule has 37 heavy (non-hydrogen) atoms. The predicted molar refractivity (Wildman–Crippen MR) is 146 cm³/mol. The lowest BCUT2D eigenvalue weighted by atomic mass is 9.76. The smallest absolute Gasteiger partial charge is 0.316 e. The van der Waals surface area contributed by atoms with Gasteiger partial charge < -0.3 is 10.2 Å². The van der Waals surface area contributed by atoms with E-state index in [0.717, 1.165) is 13.1 Å². The van der Waals surface area contributed by atoms with Crippen molar-refractivity contribution in [3.8, 4) is 0 Å². The molecule has 0 bridgehead atoms. The Hall–Kier alpha value is -2.25. The quantitative estimate of drug-likeness (QED) is 0.532. The first-order chi connectivity index (χ1) is 17.5. The molecular formula is C30H46N4O3. The summed E-state index contributed by atoms with van der Waals surface area (Å²) in [6.07, 6.45) is 1.68. The number of likely N-dealkylation sites (N-methyl/N-ethyl adjacent to an activating group) is 1. The molecule has 3 aliphatic heterocycles. The minimum Gasteiger partial charge on any atom is -0.316 e. The van der Waals surface area contributed by atoms with Crippen LogP contribution in [0.1, 0.15) is 72.3 Å². The number of Topliss-reactive ketones (excluding diaryl/α,β-unsaturated/α-hetero) is 1. The van der Waals surface area contributed by atoms with Gasteiger partial charge in [-0.1, -0.05) is 65.0 Å². The van der Waals surface area contributed by atoms with Crippen LogP contribution < -0.4 is 5.32 Å². The normalized spacial score (nSPS) is 25.5. The van der Waals surface area contributed by atoms with Gasteiger partial charge in [-0.25, -0.2) is 4.79 Å². The van der Waals surface area contributed by atoms with Gasteiger partial charge in [0, 0.05) is 57.5 Å². The lowest BCUT2D eigenvalue weighted by Gasteiger charge is -2.46. The van der Waals surface area contributed by atoms with Gasteiger partial charge in [0.15, 0.2) is 5.78 Å². The zero-order valence-electron chi connectivity index (χ0n) is 23.6. The van der Waals surface area contributed by atoms with E-state index in [1.54, 1.807) is 0 Å². The van der Waals surface area contributed by atoms with E-state index in [-0.39, 0.29) is 41.1 Å². The van der Waals surface area contributed by atoms with E-state index in [4.69, 9.17) is 0 Å². The van der Waals surface area contributed by atoms with E-state index in [2.05, 4.69) is 69.1 Å². The van der Waals surface area contributed by atoms with Crippen LogP contribution in [0.4, 0.5) is 4.79 Å². The van der Waals surface area contributed by atoms with Gasteiger partial charge in [-0.2, -0.15) is 0 Å². The third-order valence-electron chi connectivity index (χ3n) is 8.43. The lowest BCUT2D eigenvalue weighted by Crippen LogP contribution is -2.60. The highest BCUT2D eigenvalue weighted by atomic mass is 16.2. The molecule has 1 N–H and O–H groups in total. The Kier molecular flexibility index (Phi) is 8.15. The summed E-state index contributed by atoms with van der Waals surface area (Å²) in [6, 6.07) is 10.2. The number of amides is 3. The van der Waals surface area contributed by atoms with Gasteiger partial charge in [0.1, 0.15) is 5.54 Å². The molecule has 1 spiro atoms. The van der Waals surface area contributed by atoms with E-state index in [0.29, 0.717) is 51.2 Å². The summed E-state index contributed by atoms with van der Waals surface area (Å²) in [4.78, 5) is 46.3. The highest BCUT2D eigenvalue weighted by Gasteiger charge is 2.58. The number of hydrogen-bond donors (Lipinski definition) is 1. The van der Waals surface area contributed by atoms with Crippen molar-refractivity contribution < 1.29 is 14.4 Å². The Morgan fingerprint density at radius 2 is 1.73 bits per heavy atom. The van der Waals surface area contributed by atoms with Gasteiger partial charge in [0.25, 0.3) is 5.91 Å². The second-order valence-electron chi connectivity index (χ2n) is 12.9. The van der Waals surface area contributed by atoms with Crippen molar-refractivity contribution in [2.45, 2.75) is 78.3 Å². The van der Waals surface area contributed by atoms with Gasteiger partial charge in [-0.05, 0) is 36.7 Å². The van der Waals surface area contributed by atoms with E-state index >= 15 is 0 Å². The minimum absolute atomic E-state index is 0.0532. The van der Waals surface area contributed by atoms with Crippen LogP contribution >= 0.6 is 0 Å². The van der Waals surface area contributed by atoms with Crippen molar-refractivity contribution in [3.05, 3.63) is 35.9 Å². The van der Waals surface area contributed by atoms with Crippen LogP contribution in [0.25, 0.3) is 0 Å². The molecule has 0 saturated carbocycles. The molecule has 1 aromatic carbocycles. The number of rotatable bonds is 8. The standard InChI is InChI=1S/C30H46N4O3/c1-7-33-27(36)30(34(28(33)37)20-21(2)3)13-15-32(16-14-30)26(25(35)17-29(4,5)6)24-19-31-18-23(24)22-11-9-8-10-12-22/h8-12,21,23-24,26,31H,7,13-20H2,1-6H3/t23-,24-,26?/m1/s1. The average Bonchev–Trinajstić information content (AvgIpc) is 3.38. The van der Waals surface area contributed by atoms with E-state index in [9.17, 15) is 14.4 Å². The highest BCUT2D eigenvalue weighted by molar-refractivity contribution is 6.07. The Labute approximate surface area is 222 Å². The van der Waals surface area contributed by atoms with Crippen molar-refractivity contribution in [1.29, 1.82) is 0 Å². The van der Waals surface area contributed by atoms with E-state index in [1.807, 2.05) is 17.9 Å². The van der Waals surface area contributed by atoms with Crippen LogP contribution in [0.15, 0.2) is 30.3 Å². The molecule has 3 aliphatic rings. The number of urea groups is 1. The van der Waals surface area contributed by atoms with Crippen LogP contribution in [0, 0.1) is 17.3 Å². The Morgan fingerprint density at radius 3 is 2.30 bits per heavy atom. The molecule has 204 valence electrons. The SMILES string of the molecule is CCN1C(=O)N(CC(C)C)C2(CCN(C(C(=O)CC(C)(C)C)[C@@H]3CNC[C@@H]3c3ccccc3)CC2)C1=O. The molecule has 1 aromatic rings. The molecule has 3 atom stereocenters. The first kappa shape index (κ1) is 27.8. The topological polar surface area (TPSA) is 73.0 Å². The third kappa shape index (κ3) is 5.49. The molecule has 3 heterocycles. The number of nitrogens with zero attached hydrogens (tertiary/aromatic N) is 3. The summed E-state index contributed by atoms with van der Waals surface area (Å²) in [7, 11) is 0. The van der Waals surface area contributed by atoms with E-state index < -0.39 is 5.54 Å². The molecule has 0 aliphatic carbocycles. The molecule has 4 rings (SSSR count). The first-order valence-corrected chi connectivity index (χ1v) is 14.1. The number of carbonyl (C=O) groups excluding carboxylic acids is 3. The Morgan fingerprint density at radius 1 is 1.08 bits per heavy atom. The van der Waals surface area contributed by atoms with Crippen molar-refractivity contribution in [3.63, 3.8) is 0 Å². The van der Waals surface area contributed by atoms with Crippen LogP contribution in [0.2, 0.25) is 0 Å². The molecule has 3 amide bonds. The van der Waals surface area contributed by atoms with Gasteiger partial charge in [-0.3, -0.25) is 19.4 Å². The van der Waals surface area contributed by atoms with Gasteiger partial charge in [0.05, 0.1) is 6.04 Å². The molecule has 0 aromatic heterocycles. The largest absolute Gasteiger partial charge is 0.327 e. The molecule has 7 heteroatoms. The second kappa shape index (κ2) is 10.9. The fraction of sp³-hybridized carbons (Fsp3) is 0.700. The van der Waals surface area contributed by atoms with Crippen LogP contribution in [-0.4, -0.2) is 83.3 Å². The van der Waals surface area contributed by atoms with Crippen LogP contribution in [0.5, 0.6) is 0 Å². The van der Waals surface area contributed by atoms with Crippen molar-refractivity contribution >= 4 is 17.7 Å². The van der Waals surface area contributed by atoms with Crippen molar-refractivity contribution in [2.75, 3.05) is 39.3 Å². The maximum atomic E-state index is 14.0. The summed E-state index contributed by atoms with van der Waals surface area (Å²) < 4.78 is 0. The van der Waals surface area contributed by atoms with Crippen molar-refractivity contribution in [1.82, 2.24) is 20.0 Å². The number of ketones is 1. The lowest BCUT2D eigenvalue weighted by molar-refractivity contribution is -0.137. The minimum atomic E-state index is -0.780. The molecule has 3 saturated heterocycles. The zero-order chi connectivity index (χ0) is 27.0. The van der Waals surface area contributed by atoms with Crippen molar-refractivity contribution in [2.24, 2.45) is 17.3 Å². The molecule has 1 unspecified atom stereocenters. The van der Waals surface area contributed by atoms with Gasteiger partial charge in [0.2, 0.25) is 0 Å². The van der Waals surface area contributed by atoms with Gasteiger partial charge >= 0.3 is 6.03 Å². The monoisotopic (exact) mass is 510 g/mol. The number of carbonyl (C=O) groups is 3.